The molecule has 2 aromatic rings. The maximum Gasteiger partial charge on any atom is 0.355 e. The van der Waals surface area contributed by atoms with E-state index in [2.05, 4.69) is 37.2 Å². The summed E-state index contributed by atoms with van der Waals surface area (Å²) in [6.45, 7) is 7.12. The van der Waals surface area contributed by atoms with Gasteiger partial charge < -0.3 is 25.0 Å². The molecule has 3 fully saturated rings. The molecule has 1 unspecified atom stereocenters. The summed E-state index contributed by atoms with van der Waals surface area (Å²) in [5, 5.41) is 14.1. The van der Waals surface area contributed by atoms with Crippen LogP contribution in [-0.2, 0) is 15.0 Å². The van der Waals surface area contributed by atoms with Crippen LogP contribution in [0.3, 0.4) is 0 Å². The molecule has 7 nitrogen and oxygen atoms in total. The van der Waals surface area contributed by atoms with E-state index in [1.54, 1.807) is 6.92 Å². The highest BCUT2D eigenvalue weighted by atomic mass is 32.2. The van der Waals surface area contributed by atoms with Crippen molar-refractivity contribution in [2.24, 2.45) is 22.7 Å². The number of hydrogen-bond donors (Lipinski definition) is 2. The lowest BCUT2D eigenvalue weighted by Gasteiger charge is -2.35. The average molecular weight is 458 g/mol. The van der Waals surface area contributed by atoms with Crippen LogP contribution >= 0.6 is 11.8 Å². The number of oxime groups is 1. The van der Waals surface area contributed by atoms with Crippen LogP contribution in [0, 0.1) is 11.8 Å². The maximum absolute atomic E-state index is 13.0. The Balaban J connectivity index is 1.65. The van der Waals surface area contributed by atoms with Crippen molar-refractivity contribution in [1.82, 2.24) is 4.57 Å². The average Bonchev–Trinajstić information content (AvgIpc) is 3.11. The molecule has 2 aliphatic heterocycles. The van der Waals surface area contributed by atoms with E-state index in [0.29, 0.717) is 18.2 Å². The number of aromatic nitrogens is 1. The number of ether oxygens (including phenoxy) is 2. The van der Waals surface area contributed by atoms with E-state index in [-0.39, 0.29) is 29.2 Å². The van der Waals surface area contributed by atoms with Crippen molar-refractivity contribution >= 4 is 34.5 Å². The number of amidine groups is 1. The molecule has 1 saturated carbocycles. The largest absolute Gasteiger partial charge is 0.461 e. The first-order chi connectivity index (χ1) is 15.3. The fourth-order valence-corrected chi connectivity index (χ4v) is 7.61. The monoisotopic (exact) mass is 457 g/mol. The zero-order chi connectivity index (χ0) is 22.7. The fourth-order valence-electron chi connectivity index (χ4n) is 5.99. The van der Waals surface area contributed by atoms with E-state index in [4.69, 9.17) is 15.2 Å². The lowest BCUT2D eigenvalue weighted by molar-refractivity contribution is -0.0592. The van der Waals surface area contributed by atoms with Crippen LogP contribution in [0.2, 0.25) is 0 Å². The van der Waals surface area contributed by atoms with Crippen LogP contribution in [0.1, 0.15) is 55.6 Å². The van der Waals surface area contributed by atoms with Crippen molar-refractivity contribution in [3.05, 3.63) is 35.5 Å². The number of rotatable bonds is 5. The standard InChI is InChI=1S/C24H31N3O4S/c1-4-30-21(28)20-10-16-9-14(15-7-8-31-23(2,3)11-15)5-6-19(16)27(20)24(22(25)26-29)17-12-32-13-18(17)24/h5-6,9-10,15,17-18,29H,4,7-8,11-13H2,1-3H3,(H2,25,26)/t15-,17-,18+,24?/m0/s1. The quantitative estimate of drug-likeness (QED) is 0.232. The van der Waals surface area contributed by atoms with Gasteiger partial charge in [-0.2, -0.15) is 11.8 Å². The number of nitrogens with zero attached hydrogens (tertiary/aromatic N) is 2. The minimum Gasteiger partial charge on any atom is -0.461 e. The summed E-state index contributed by atoms with van der Waals surface area (Å²) in [4.78, 5) is 13.0. The van der Waals surface area contributed by atoms with Gasteiger partial charge in [0.15, 0.2) is 5.84 Å². The Labute approximate surface area is 192 Å². The molecule has 1 aromatic carbocycles. The third-order valence-corrected chi connectivity index (χ3v) is 8.66. The van der Waals surface area contributed by atoms with Crippen LogP contribution in [0.25, 0.3) is 10.9 Å². The van der Waals surface area contributed by atoms with Crippen LogP contribution < -0.4 is 5.73 Å². The summed E-state index contributed by atoms with van der Waals surface area (Å²) in [5.74, 6) is 2.54. The molecule has 1 aliphatic carbocycles. The van der Waals surface area contributed by atoms with Gasteiger partial charge in [0.1, 0.15) is 11.2 Å². The van der Waals surface area contributed by atoms with Gasteiger partial charge in [-0.1, -0.05) is 11.2 Å². The molecular weight excluding hydrogens is 426 g/mol. The molecule has 32 heavy (non-hydrogen) atoms. The molecule has 5 rings (SSSR count). The van der Waals surface area contributed by atoms with E-state index in [9.17, 15) is 10.0 Å². The summed E-state index contributed by atoms with van der Waals surface area (Å²) in [5.41, 5.74) is 8.15. The van der Waals surface area contributed by atoms with Crippen molar-refractivity contribution in [3.8, 4) is 0 Å². The summed E-state index contributed by atoms with van der Waals surface area (Å²) in [6, 6.07) is 8.35. The highest BCUT2D eigenvalue weighted by molar-refractivity contribution is 7.99. The predicted octanol–water partition coefficient (Wildman–Crippen LogP) is 3.93. The first-order valence-electron chi connectivity index (χ1n) is 11.4. The number of carbonyl (C=O) groups is 1. The van der Waals surface area contributed by atoms with Crippen LogP contribution in [0.4, 0.5) is 0 Å². The van der Waals surface area contributed by atoms with Crippen LogP contribution in [0.15, 0.2) is 29.4 Å². The number of carbonyl (C=O) groups excluding carboxylic acids is 1. The Hall–Kier alpha value is -2.19. The normalized spacial score (nSPS) is 31.5. The van der Waals surface area contributed by atoms with Gasteiger partial charge in [-0.3, -0.25) is 0 Å². The number of benzene rings is 1. The minimum absolute atomic E-state index is 0.140. The molecule has 2 saturated heterocycles. The molecule has 4 atom stereocenters. The fraction of sp³-hybridized carbons (Fsp3) is 0.583. The number of hydrogen-bond acceptors (Lipinski definition) is 6. The molecule has 172 valence electrons. The summed E-state index contributed by atoms with van der Waals surface area (Å²) < 4.78 is 13.3. The van der Waals surface area contributed by atoms with E-state index in [1.807, 2.05) is 22.4 Å². The van der Waals surface area contributed by atoms with E-state index in [0.717, 1.165) is 41.9 Å². The van der Waals surface area contributed by atoms with E-state index in [1.165, 1.54) is 5.56 Å². The van der Waals surface area contributed by atoms with Crippen molar-refractivity contribution in [2.75, 3.05) is 24.7 Å². The SMILES string of the molecule is CCOC(=O)c1cc2cc([C@H]3CCOC(C)(C)C3)ccc2n1C1(C(N)=NO)[C@@H]2CSC[C@@H]21. The molecule has 0 radical (unpaired) electrons. The Morgan fingerprint density at radius 1 is 1.34 bits per heavy atom. The zero-order valence-electron chi connectivity index (χ0n) is 18.8. The third kappa shape index (κ3) is 3.14. The maximum atomic E-state index is 13.0. The molecule has 3 aliphatic rings. The molecule has 3 N–H and O–H groups in total. The molecule has 3 heterocycles. The summed E-state index contributed by atoms with van der Waals surface area (Å²) >= 11 is 1.88. The highest BCUT2D eigenvalue weighted by Gasteiger charge is 2.71. The Bertz CT molecular complexity index is 1080. The molecular formula is C24H31N3O4S. The minimum atomic E-state index is -0.675. The first kappa shape index (κ1) is 21.6. The highest BCUT2D eigenvalue weighted by Crippen LogP contribution is 2.64. The van der Waals surface area contributed by atoms with E-state index >= 15 is 0 Å². The predicted molar refractivity (Wildman–Crippen MR) is 126 cm³/mol. The van der Waals surface area contributed by atoms with Crippen molar-refractivity contribution in [3.63, 3.8) is 0 Å². The van der Waals surface area contributed by atoms with Gasteiger partial charge >= 0.3 is 5.97 Å². The van der Waals surface area contributed by atoms with Gasteiger partial charge in [-0.15, -0.1) is 0 Å². The Kier molecular flexibility index (Phi) is 5.21. The number of thioether (sulfide) groups is 1. The molecule has 0 spiro atoms. The second kappa shape index (κ2) is 7.70. The number of nitrogens with two attached hydrogens (primary N) is 1. The molecule has 0 bridgehead atoms. The van der Waals surface area contributed by atoms with Gasteiger partial charge in [0.05, 0.1) is 12.2 Å². The number of esters is 1. The lowest BCUT2D eigenvalue weighted by atomic mass is 9.83. The second-order valence-electron chi connectivity index (χ2n) is 9.76. The smallest absolute Gasteiger partial charge is 0.355 e. The van der Waals surface area contributed by atoms with Crippen molar-refractivity contribution < 1.29 is 19.5 Å². The Morgan fingerprint density at radius 3 is 2.75 bits per heavy atom. The van der Waals surface area contributed by atoms with Crippen LogP contribution in [-0.4, -0.2) is 51.9 Å². The molecule has 0 amide bonds. The third-order valence-electron chi connectivity index (χ3n) is 7.47. The second-order valence-corrected chi connectivity index (χ2v) is 10.8. The zero-order valence-corrected chi connectivity index (χ0v) is 19.7. The Morgan fingerprint density at radius 2 is 2.09 bits per heavy atom. The van der Waals surface area contributed by atoms with Gasteiger partial charge in [-0.05, 0) is 74.8 Å². The van der Waals surface area contributed by atoms with Crippen molar-refractivity contribution in [2.45, 2.75) is 50.7 Å². The topological polar surface area (TPSA) is 99.1 Å². The molecule has 1 aromatic heterocycles. The first-order valence-corrected chi connectivity index (χ1v) is 12.5. The van der Waals surface area contributed by atoms with Crippen molar-refractivity contribution in [1.29, 1.82) is 0 Å². The lowest BCUT2D eigenvalue weighted by Crippen LogP contribution is -2.41. The van der Waals surface area contributed by atoms with Gasteiger partial charge in [0.2, 0.25) is 0 Å². The molecule has 8 heteroatoms. The summed E-state index contributed by atoms with van der Waals surface area (Å²) in [7, 11) is 0. The number of fused-ring (bicyclic) bond motifs is 2. The van der Waals surface area contributed by atoms with Gasteiger partial charge in [0.25, 0.3) is 0 Å². The van der Waals surface area contributed by atoms with E-state index < -0.39 is 5.54 Å². The van der Waals surface area contributed by atoms with Gasteiger partial charge in [0, 0.05) is 29.3 Å². The van der Waals surface area contributed by atoms with Gasteiger partial charge in [-0.25, -0.2) is 4.79 Å². The van der Waals surface area contributed by atoms with Crippen LogP contribution in [0.5, 0.6) is 0 Å². The summed E-state index contributed by atoms with van der Waals surface area (Å²) in [6.07, 6.45) is 1.94.